The summed E-state index contributed by atoms with van der Waals surface area (Å²) in [6.45, 7) is 9.84. The molecule has 0 aromatic rings. The Hall–Kier alpha value is -0.830. The Bertz CT molecular complexity index is 188. The Kier molecular flexibility index (Phi) is 6.21. The first-order chi connectivity index (χ1) is 6.49. The Morgan fingerprint density at radius 1 is 1.50 bits per heavy atom. The molecule has 0 fully saturated rings. The summed E-state index contributed by atoms with van der Waals surface area (Å²) < 4.78 is 0. The second kappa shape index (κ2) is 6.60. The van der Waals surface area contributed by atoms with Gasteiger partial charge in [-0.2, -0.15) is 0 Å². The average Bonchev–Trinajstić information content (AvgIpc) is 2.09. The van der Waals surface area contributed by atoms with E-state index < -0.39 is 6.10 Å². The second-order valence-corrected chi connectivity index (χ2v) is 3.82. The highest BCUT2D eigenvalue weighted by atomic mass is 16.3. The van der Waals surface area contributed by atoms with Crippen molar-refractivity contribution in [3.8, 4) is 0 Å². The largest absolute Gasteiger partial charge is 0.393 e. The van der Waals surface area contributed by atoms with Gasteiger partial charge < -0.3 is 10.0 Å². The normalized spacial score (nSPS) is 12.6. The van der Waals surface area contributed by atoms with E-state index >= 15 is 0 Å². The van der Waals surface area contributed by atoms with Gasteiger partial charge in [-0.3, -0.25) is 4.79 Å². The number of carbonyl (C=O) groups is 1. The van der Waals surface area contributed by atoms with Gasteiger partial charge in [-0.05, 0) is 27.2 Å². The van der Waals surface area contributed by atoms with Gasteiger partial charge in [-0.1, -0.05) is 6.08 Å². The van der Waals surface area contributed by atoms with Crippen LogP contribution in [0.4, 0.5) is 0 Å². The van der Waals surface area contributed by atoms with Crippen molar-refractivity contribution in [2.24, 2.45) is 0 Å². The van der Waals surface area contributed by atoms with Crippen LogP contribution in [0.1, 0.15) is 33.6 Å². The van der Waals surface area contributed by atoms with E-state index in [1.807, 2.05) is 13.8 Å². The first-order valence-corrected chi connectivity index (χ1v) is 5.07. The monoisotopic (exact) mass is 199 g/mol. The molecule has 0 aliphatic rings. The summed E-state index contributed by atoms with van der Waals surface area (Å²) in [7, 11) is 0. The maximum absolute atomic E-state index is 11.6. The number of amides is 1. The minimum absolute atomic E-state index is 0.0841. The van der Waals surface area contributed by atoms with Crippen molar-refractivity contribution in [1.29, 1.82) is 0 Å². The van der Waals surface area contributed by atoms with Crippen LogP contribution in [-0.2, 0) is 4.79 Å². The minimum atomic E-state index is -0.406. The van der Waals surface area contributed by atoms with Gasteiger partial charge in [0, 0.05) is 19.0 Å². The molecule has 0 saturated heterocycles. The lowest BCUT2D eigenvalue weighted by Crippen LogP contribution is -2.37. The third kappa shape index (κ3) is 5.02. The second-order valence-electron chi connectivity index (χ2n) is 3.82. The van der Waals surface area contributed by atoms with Crippen LogP contribution in [0.15, 0.2) is 12.7 Å². The quantitative estimate of drug-likeness (QED) is 0.660. The number of carbonyl (C=O) groups excluding carboxylic acids is 1. The molecule has 0 spiro atoms. The highest BCUT2D eigenvalue weighted by Gasteiger charge is 2.15. The highest BCUT2D eigenvalue weighted by Crippen LogP contribution is 2.05. The van der Waals surface area contributed by atoms with E-state index in [1.54, 1.807) is 17.9 Å². The number of nitrogens with zero attached hydrogens (tertiary/aromatic N) is 1. The van der Waals surface area contributed by atoms with E-state index in [0.29, 0.717) is 19.4 Å². The van der Waals surface area contributed by atoms with E-state index in [1.165, 1.54) is 0 Å². The van der Waals surface area contributed by atoms with Crippen molar-refractivity contribution < 1.29 is 9.90 Å². The Balaban J connectivity index is 4.08. The fourth-order valence-electron chi connectivity index (χ4n) is 1.22. The smallest absolute Gasteiger partial charge is 0.223 e. The van der Waals surface area contributed by atoms with Crippen molar-refractivity contribution >= 4 is 5.91 Å². The molecule has 0 heterocycles. The minimum Gasteiger partial charge on any atom is -0.393 e. The summed E-state index contributed by atoms with van der Waals surface area (Å²) in [5.41, 5.74) is 0. The molecule has 1 N–H and O–H groups in total. The van der Waals surface area contributed by atoms with Crippen LogP contribution >= 0.6 is 0 Å². The zero-order chi connectivity index (χ0) is 11.1. The molecule has 0 aliphatic heterocycles. The molecule has 0 saturated carbocycles. The molecule has 0 aromatic heterocycles. The SMILES string of the molecule is C=CCN(C(=O)CCC(C)O)C(C)C. The number of aliphatic hydroxyl groups is 1. The van der Waals surface area contributed by atoms with Crippen molar-refractivity contribution in [3.63, 3.8) is 0 Å². The summed E-state index contributed by atoms with van der Waals surface area (Å²) in [6.07, 6.45) is 2.25. The average molecular weight is 199 g/mol. The number of rotatable bonds is 6. The third-order valence-electron chi connectivity index (χ3n) is 2.05. The molecular formula is C11H21NO2. The van der Waals surface area contributed by atoms with Gasteiger partial charge in [0.1, 0.15) is 0 Å². The zero-order valence-electron chi connectivity index (χ0n) is 9.36. The standard InChI is InChI=1S/C11H21NO2/c1-5-8-12(9(2)3)11(14)7-6-10(4)13/h5,9-10,13H,1,6-8H2,2-4H3. The van der Waals surface area contributed by atoms with Gasteiger partial charge in [0.25, 0.3) is 0 Å². The third-order valence-corrected chi connectivity index (χ3v) is 2.05. The van der Waals surface area contributed by atoms with Crippen LogP contribution in [0.5, 0.6) is 0 Å². The van der Waals surface area contributed by atoms with Crippen LogP contribution in [-0.4, -0.2) is 34.6 Å². The van der Waals surface area contributed by atoms with Crippen LogP contribution < -0.4 is 0 Å². The van der Waals surface area contributed by atoms with Gasteiger partial charge in [0.15, 0.2) is 0 Å². The number of hydrogen-bond acceptors (Lipinski definition) is 2. The van der Waals surface area contributed by atoms with E-state index in [9.17, 15) is 4.79 Å². The van der Waals surface area contributed by atoms with Crippen molar-refractivity contribution in [2.75, 3.05) is 6.54 Å². The molecule has 3 nitrogen and oxygen atoms in total. The summed E-state index contributed by atoms with van der Waals surface area (Å²) in [5.74, 6) is 0.0841. The summed E-state index contributed by atoms with van der Waals surface area (Å²) in [6, 6.07) is 0.189. The lowest BCUT2D eigenvalue weighted by Gasteiger charge is -2.25. The lowest BCUT2D eigenvalue weighted by molar-refractivity contribution is -0.132. The van der Waals surface area contributed by atoms with Gasteiger partial charge in [0.2, 0.25) is 5.91 Å². The molecule has 0 aromatic carbocycles. The van der Waals surface area contributed by atoms with Crippen LogP contribution in [0.2, 0.25) is 0 Å². The Morgan fingerprint density at radius 3 is 2.43 bits per heavy atom. The summed E-state index contributed by atoms with van der Waals surface area (Å²) >= 11 is 0. The molecule has 1 unspecified atom stereocenters. The molecule has 0 aliphatic carbocycles. The fraction of sp³-hybridized carbons (Fsp3) is 0.727. The molecule has 82 valence electrons. The topological polar surface area (TPSA) is 40.5 Å². The maximum Gasteiger partial charge on any atom is 0.223 e. The van der Waals surface area contributed by atoms with Crippen LogP contribution in [0, 0.1) is 0 Å². The molecule has 0 rings (SSSR count). The van der Waals surface area contributed by atoms with Crippen molar-refractivity contribution in [1.82, 2.24) is 4.90 Å². The Labute approximate surface area is 86.4 Å². The fourth-order valence-corrected chi connectivity index (χ4v) is 1.22. The predicted molar refractivity (Wildman–Crippen MR) is 58.0 cm³/mol. The molecule has 1 amide bonds. The number of hydrogen-bond donors (Lipinski definition) is 1. The number of aliphatic hydroxyl groups excluding tert-OH is 1. The van der Waals surface area contributed by atoms with Crippen LogP contribution in [0.3, 0.4) is 0 Å². The lowest BCUT2D eigenvalue weighted by atomic mass is 10.2. The Morgan fingerprint density at radius 2 is 2.07 bits per heavy atom. The maximum atomic E-state index is 11.6. The zero-order valence-corrected chi connectivity index (χ0v) is 9.36. The molecule has 14 heavy (non-hydrogen) atoms. The molecule has 1 atom stereocenters. The molecule has 3 heteroatoms. The molecule has 0 radical (unpaired) electrons. The summed E-state index contributed by atoms with van der Waals surface area (Å²) in [5, 5.41) is 9.06. The van der Waals surface area contributed by atoms with Gasteiger partial charge >= 0.3 is 0 Å². The van der Waals surface area contributed by atoms with E-state index in [2.05, 4.69) is 6.58 Å². The van der Waals surface area contributed by atoms with E-state index in [-0.39, 0.29) is 11.9 Å². The first kappa shape index (κ1) is 13.2. The highest BCUT2D eigenvalue weighted by molar-refractivity contribution is 5.76. The van der Waals surface area contributed by atoms with E-state index in [4.69, 9.17) is 5.11 Å². The van der Waals surface area contributed by atoms with Gasteiger partial charge in [-0.15, -0.1) is 6.58 Å². The summed E-state index contributed by atoms with van der Waals surface area (Å²) in [4.78, 5) is 13.4. The molecule has 0 bridgehead atoms. The predicted octanol–water partition coefficient (Wildman–Crippen LogP) is 1.57. The van der Waals surface area contributed by atoms with Gasteiger partial charge in [-0.25, -0.2) is 0 Å². The van der Waals surface area contributed by atoms with Gasteiger partial charge in [0.05, 0.1) is 6.10 Å². The van der Waals surface area contributed by atoms with E-state index in [0.717, 1.165) is 0 Å². The van der Waals surface area contributed by atoms with Crippen LogP contribution in [0.25, 0.3) is 0 Å². The molecular weight excluding hydrogens is 178 g/mol. The van der Waals surface area contributed by atoms with Crippen molar-refractivity contribution in [3.05, 3.63) is 12.7 Å². The first-order valence-electron chi connectivity index (χ1n) is 5.07. The van der Waals surface area contributed by atoms with Crippen molar-refractivity contribution in [2.45, 2.75) is 45.8 Å².